The molecule has 84 heavy (non-hydrogen) atoms. The van der Waals surface area contributed by atoms with E-state index in [0.29, 0.717) is 17.4 Å². The number of phosphoric acid groups is 1. The Morgan fingerprint density at radius 1 is 0.381 bits per heavy atom. The monoisotopic (exact) mass is 1200 g/mol. The smallest absolute Gasteiger partial charge is 0.462 e. The lowest BCUT2D eigenvalue weighted by atomic mass is 10.0. The third kappa shape index (κ3) is 68.6. The average Bonchev–Trinajstić information content (AvgIpc) is 3.61. The molecule has 2 unspecified atom stereocenters. The second-order valence-corrected chi connectivity index (χ2v) is 26.7. The van der Waals surface area contributed by atoms with Gasteiger partial charge in [-0.3, -0.25) is 18.6 Å². The molecule has 0 aromatic carbocycles. The zero-order valence-corrected chi connectivity index (χ0v) is 56.8. The van der Waals surface area contributed by atoms with Crippen molar-refractivity contribution in [1.82, 2.24) is 0 Å². The van der Waals surface area contributed by atoms with E-state index in [4.69, 9.17) is 18.5 Å². The lowest BCUT2D eigenvalue weighted by molar-refractivity contribution is -0.870. The van der Waals surface area contributed by atoms with Gasteiger partial charge in [0.15, 0.2) is 6.10 Å². The molecule has 10 heteroatoms. The van der Waals surface area contributed by atoms with Crippen LogP contribution in [0.5, 0.6) is 0 Å². The number of ether oxygens (including phenoxy) is 2. The predicted molar refractivity (Wildman–Crippen MR) is 363 cm³/mol. The molecule has 0 saturated carbocycles. The fourth-order valence-electron chi connectivity index (χ4n) is 10.3. The molecular weight excluding hydrogens is 1060 g/mol. The summed E-state index contributed by atoms with van der Waals surface area (Å²) in [6.45, 7) is 4.31. The minimum atomic E-state index is -4.41. The fraction of sp³-hybridized carbons (Fsp3) is 0.811. The molecule has 0 heterocycles. The van der Waals surface area contributed by atoms with Crippen LogP contribution >= 0.6 is 7.82 Å². The van der Waals surface area contributed by atoms with Gasteiger partial charge >= 0.3 is 19.8 Å². The Bertz CT molecular complexity index is 1650. The summed E-state index contributed by atoms with van der Waals surface area (Å²) in [6, 6.07) is 0. The Balaban J connectivity index is 3.94. The van der Waals surface area contributed by atoms with Crippen LogP contribution < -0.4 is 0 Å². The third-order valence-corrected chi connectivity index (χ3v) is 16.7. The first-order valence-electron chi connectivity index (χ1n) is 35.7. The molecule has 2 atom stereocenters. The summed E-state index contributed by atoms with van der Waals surface area (Å²) >= 11 is 0. The Morgan fingerprint density at radius 3 is 1.01 bits per heavy atom. The van der Waals surface area contributed by atoms with E-state index in [1.807, 2.05) is 21.1 Å². The molecule has 0 spiro atoms. The van der Waals surface area contributed by atoms with Gasteiger partial charge in [-0.15, -0.1) is 0 Å². The van der Waals surface area contributed by atoms with Crippen LogP contribution in [0, 0.1) is 0 Å². The molecule has 490 valence electrons. The van der Waals surface area contributed by atoms with Crippen molar-refractivity contribution in [3.63, 3.8) is 0 Å². The molecule has 0 aliphatic carbocycles. The number of hydrogen-bond acceptors (Lipinski definition) is 7. The number of quaternary nitrogens is 1. The van der Waals surface area contributed by atoms with Gasteiger partial charge in [0.1, 0.15) is 19.8 Å². The second-order valence-electron chi connectivity index (χ2n) is 25.3. The highest BCUT2D eigenvalue weighted by Crippen LogP contribution is 2.43. The molecule has 0 radical (unpaired) electrons. The average molecular weight is 1200 g/mol. The van der Waals surface area contributed by atoms with Gasteiger partial charge in [0.2, 0.25) is 0 Å². The van der Waals surface area contributed by atoms with Crippen LogP contribution in [-0.4, -0.2) is 74.9 Å². The van der Waals surface area contributed by atoms with E-state index in [9.17, 15) is 19.0 Å². The van der Waals surface area contributed by atoms with Crippen molar-refractivity contribution < 1.29 is 42.1 Å². The van der Waals surface area contributed by atoms with Crippen molar-refractivity contribution in [2.24, 2.45) is 0 Å². The first kappa shape index (κ1) is 81.5. The van der Waals surface area contributed by atoms with Crippen molar-refractivity contribution in [3.8, 4) is 0 Å². The number of unbranched alkanes of at least 4 members (excludes halogenated alkanes) is 40. The summed E-state index contributed by atoms with van der Waals surface area (Å²) in [4.78, 5) is 35.8. The molecule has 0 aromatic heterocycles. The number of nitrogens with zero attached hydrogens (tertiary/aromatic N) is 1. The molecule has 0 bridgehead atoms. The number of rotatable bonds is 66. The zero-order valence-electron chi connectivity index (χ0n) is 55.9. The fourth-order valence-corrected chi connectivity index (χ4v) is 11.1. The standard InChI is InChI=1S/C74H136NO8P/c1-6-8-10-12-14-16-18-20-22-24-26-28-29-30-31-32-33-34-35-36-37-38-39-40-41-42-43-44-45-47-48-50-52-54-56-58-60-62-64-66-73(76)80-70-72(71-82-84(78,79)81-69-68-75(3,4)5)83-74(77)67-65-63-61-59-57-55-53-51-49-46-27-25-23-21-19-17-15-13-11-9-7-2/h9,11,15,17,21,23,27,46,51,53,57,59,72H,6-8,10,12-14,16,18-20,22,24-26,28-45,47-50,52,54-56,58,60-71H2,1-5H3/p+1/b11-9-,17-15-,23-21-,46-27-,53-51-,59-57-. The molecule has 1 N–H and O–H groups in total. The van der Waals surface area contributed by atoms with Crippen molar-refractivity contribution in [2.45, 2.75) is 341 Å². The zero-order chi connectivity index (χ0) is 61.2. The van der Waals surface area contributed by atoms with Crippen LogP contribution in [0.25, 0.3) is 0 Å². The molecule has 0 fully saturated rings. The van der Waals surface area contributed by atoms with Gasteiger partial charge in [-0.2, -0.15) is 0 Å². The first-order chi connectivity index (χ1) is 41.0. The first-order valence-corrected chi connectivity index (χ1v) is 37.2. The summed E-state index contributed by atoms with van der Waals surface area (Å²) in [5, 5.41) is 0. The number of allylic oxidation sites excluding steroid dienone is 12. The largest absolute Gasteiger partial charge is 0.472 e. The lowest BCUT2D eigenvalue weighted by Gasteiger charge is -2.24. The summed E-state index contributed by atoms with van der Waals surface area (Å²) in [5.74, 6) is -0.839. The van der Waals surface area contributed by atoms with Gasteiger partial charge in [-0.1, -0.05) is 331 Å². The highest BCUT2D eigenvalue weighted by molar-refractivity contribution is 7.47. The SMILES string of the molecule is CC/C=C\C/C=C\C/C=C\C/C=C\C/C=C\C/C=C\CCCCC(=O)OC(COC(=O)CCCCCCCCCCCCCCCCCCCCCCCCCCCCCCCCCCCCCCCCC)COP(=O)(O)OCC[N+](C)(C)C. The van der Waals surface area contributed by atoms with Gasteiger partial charge in [-0.25, -0.2) is 4.57 Å². The summed E-state index contributed by atoms with van der Waals surface area (Å²) in [7, 11) is 1.45. The van der Waals surface area contributed by atoms with Gasteiger partial charge in [0.05, 0.1) is 27.7 Å². The summed E-state index contributed by atoms with van der Waals surface area (Å²) in [5.41, 5.74) is 0. The number of carbonyl (C=O) groups excluding carboxylic acids is 2. The van der Waals surface area contributed by atoms with E-state index in [-0.39, 0.29) is 32.0 Å². The molecular formula is C74H137NO8P+. The van der Waals surface area contributed by atoms with Crippen LogP contribution in [0.15, 0.2) is 72.9 Å². The van der Waals surface area contributed by atoms with Crippen LogP contribution in [0.3, 0.4) is 0 Å². The number of hydrogen-bond donors (Lipinski definition) is 1. The van der Waals surface area contributed by atoms with Gasteiger partial charge in [-0.05, 0) is 64.2 Å². The highest BCUT2D eigenvalue weighted by atomic mass is 31.2. The van der Waals surface area contributed by atoms with Gasteiger partial charge in [0, 0.05) is 12.8 Å². The van der Waals surface area contributed by atoms with Crippen LogP contribution in [-0.2, 0) is 32.7 Å². The maximum atomic E-state index is 12.8. The van der Waals surface area contributed by atoms with E-state index < -0.39 is 26.5 Å². The summed E-state index contributed by atoms with van der Waals surface area (Å²) < 4.78 is 34.6. The van der Waals surface area contributed by atoms with Gasteiger partial charge < -0.3 is 18.9 Å². The lowest BCUT2D eigenvalue weighted by Crippen LogP contribution is -2.37. The molecule has 0 aromatic rings. The highest BCUT2D eigenvalue weighted by Gasteiger charge is 2.27. The van der Waals surface area contributed by atoms with Crippen LogP contribution in [0.2, 0.25) is 0 Å². The normalized spacial score (nSPS) is 13.5. The Kier molecular flexibility index (Phi) is 62.9. The molecule has 0 amide bonds. The second kappa shape index (κ2) is 64.9. The molecule has 0 aliphatic rings. The van der Waals surface area contributed by atoms with Crippen molar-refractivity contribution in [3.05, 3.63) is 72.9 Å². The van der Waals surface area contributed by atoms with Crippen molar-refractivity contribution in [1.29, 1.82) is 0 Å². The maximum Gasteiger partial charge on any atom is 0.472 e. The topological polar surface area (TPSA) is 108 Å². The molecule has 9 nitrogen and oxygen atoms in total. The molecule has 0 aliphatic heterocycles. The maximum absolute atomic E-state index is 12.8. The number of carbonyl (C=O) groups is 2. The van der Waals surface area contributed by atoms with E-state index >= 15 is 0 Å². The van der Waals surface area contributed by atoms with E-state index in [0.717, 1.165) is 70.6 Å². The van der Waals surface area contributed by atoms with Crippen molar-refractivity contribution >= 4 is 19.8 Å². The molecule has 0 saturated heterocycles. The van der Waals surface area contributed by atoms with Crippen LogP contribution in [0.4, 0.5) is 0 Å². The quantitative estimate of drug-likeness (QED) is 0.0211. The van der Waals surface area contributed by atoms with Crippen LogP contribution in [0.1, 0.15) is 335 Å². The van der Waals surface area contributed by atoms with Gasteiger partial charge in [0.25, 0.3) is 0 Å². The van der Waals surface area contributed by atoms with Crippen molar-refractivity contribution in [2.75, 3.05) is 47.5 Å². The van der Waals surface area contributed by atoms with E-state index in [1.54, 1.807) is 0 Å². The Morgan fingerprint density at radius 2 is 0.679 bits per heavy atom. The third-order valence-electron chi connectivity index (χ3n) is 15.8. The number of esters is 2. The minimum Gasteiger partial charge on any atom is -0.462 e. The Hall–Kier alpha value is -2.55. The minimum absolute atomic E-state index is 0.0211. The number of phosphoric ester groups is 1. The summed E-state index contributed by atoms with van der Waals surface area (Å²) in [6.07, 6.45) is 87.7. The van der Waals surface area contributed by atoms with E-state index in [2.05, 4.69) is 86.8 Å². The number of likely N-dealkylation sites (N-methyl/N-ethyl adjacent to an activating group) is 1. The van der Waals surface area contributed by atoms with E-state index in [1.165, 1.54) is 231 Å². The predicted octanol–water partition coefficient (Wildman–Crippen LogP) is 23.2. The molecule has 0 rings (SSSR count). The Labute approximate surface area is 520 Å².